The van der Waals surface area contributed by atoms with E-state index in [1.807, 2.05) is 0 Å². The van der Waals surface area contributed by atoms with Gasteiger partial charge in [0, 0.05) is 17.4 Å². The maximum Gasteiger partial charge on any atom is 0.348 e. The summed E-state index contributed by atoms with van der Waals surface area (Å²) in [6, 6.07) is 11.1. The Morgan fingerprint density at radius 3 is 2.48 bits per heavy atom. The van der Waals surface area contributed by atoms with Crippen LogP contribution < -0.4 is 5.32 Å². The number of likely N-dealkylation sites (N-methyl/N-ethyl adjacent to an activating group) is 1. The molecule has 2 aromatic carbocycles. The minimum absolute atomic E-state index is 0.107. The van der Waals surface area contributed by atoms with Crippen LogP contribution in [0.5, 0.6) is 0 Å². The predicted molar refractivity (Wildman–Crippen MR) is 108 cm³/mol. The Morgan fingerprint density at radius 2 is 1.83 bits per heavy atom. The molecule has 0 saturated heterocycles. The van der Waals surface area contributed by atoms with Crippen molar-refractivity contribution in [3.63, 3.8) is 0 Å². The van der Waals surface area contributed by atoms with E-state index in [1.54, 1.807) is 24.3 Å². The highest BCUT2D eigenvalue weighted by Gasteiger charge is 2.23. The minimum Gasteiger partial charge on any atom is -0.465 e. The molecule has 1 aromatic heterocycles. The number of anilines is 1. The highest BCUT2D eigenvalue weighted by Crippen LogP contribution is 2.28. The number of carbonyl (C=O) groups excluding carboxylic acids is 2. The molecule has 0 spiro atoms. The second-order valence-electron chi connectivity index (χ2n) is 6.12. The third-order valence-electron chi connectivity index (χ3n) is 4.07. The molecule has 0 radical (unpaired) electrons. The van der Waals surface area contributed by atoms with Gasteiger partial charge in [0.05, 0.1) is 18.6 Å². The van der Waals surface area contributed by atoms with Crippen LogP contribution in [0.15, 0.2) is 53.4 Å². The first-order chi connectivity index (χ1) is 13.7. The molecular formula is C19H17FN2O5S2. The SMILES string of the molecule is COC(=O)c1cc2cc(NC(=O)CN(C)S(=O)(=O)c3ccc(F)cc3)ccc2s1. The summed E-state index contributed by atoms with van der Waals surface area (Å²) in [4.78, 5) is 24.3. The highest BCUT2D eigenvalue weighted by molar-refractivity contribution is 7.89. The predicted octanol–water partition coefficient (Wildman–Crippen LogP) is 3.09. The lowest BCUT2D eigenvalue weighted by Gasteiger charge is -2.17. The summed E-state index contributed by atoms with van der Waals surface area (Å²) in [5, 5.41) is 3.38. The second kappa shape index (κ2) is 8.27. The normalized spacial score (nSPS) is 11.6. The van der Waals surface area contributed by atoms with Crippen LogP contribution in [0.4, 0.5) is 10.1 Å². The molecular weight excluding hydrogens is 419 g/mol. The Bertz CT molecular complexity index is 1170. The maximum atomic E-state index is 13.0. The Labute approximate surface area is 170 Å². The molecule has 0 aliphatic heterocycles. The molecule has 0 fully saturated rings. The van der Waals surface area contributed by atoms with Gasteiger partial charge in [0.2, 0.25) is 15.9 Å². The molecule has 0 unspecified atom stereocenters. The molecule has 0 aliphatic carbocycles. The number of thiophene rings is 1. The summed E-state index contributed by atoms with van der Waals surface area (Å²) in [6.45, 7) is -0.422. The third kappa shape index (κ3) is 4.61. The summed E-state index contributed by atoms with van der Waals surface area (Å²) in [5.74, 6) is -1.53. The summed E-state index contributed by atoms with van der Waals surface area (Å²) in [5.41, 5.74) is 0.462. The van der Waals surface area contributed by atoms with Crippen molar-refractivity contribution in [2.45, 2.75) is 4.90 Å². The van der Waals surface area contributed by atoms with E-state index >= 15 is 0 Å². The van der Waals surface area contributed by atoms with Gasteiger partial charge in [-0.25, -0.2) is 17.6 Å². The molecule has 3 rings (SSSR count). The van der Waals surface area contributed by atoms with E-state index in [0.717, 1.165) is 38.7 Å². The Morgan fingerprint density at radius 1 is 1.14 bits per heavy atom. The molecule has 7 nitrogen and oxygen atoms in total. The zero-order chi connectivity index (χ0) is 21.2. The van der Waals surface area contributed by atoms with Crippen molar-refractivity contribution < 1.29 is 27.1 Å². The lowest BCUT2D eigenvalue weighted by Crippen LogP contribution is -2.34. The third-order valence-corrected chi connectivity index (χ3v) is 6.99. The largest absolute Gasteiger partial charge is 0.465 e. The Balaban J connectivity index is 1.71. The van der Waals surface area contributed by atoms with Crippen molar-refractivity contribution in [2.75, 3.05) is 26.0 Å². The topological polar surface area (TPSA) is 92.8 Å². The van der Waals surface area contributed by atoms with Crippen molar-refractivity contribution in [1.82, 2.24) is 4.31 Å². The van der Waals surface area contributed by atoms with E-state index in [4.69, 9.17) is 4.74 Å². The average Bonchev–Trinajstić information content (AvgIpc) is 3.11. The van der Waals surface area contributed by atoms with Crippen molar-refractivity contribution >= 4 is 49.0 Å². The van der Waals surface area contributed by atoms with Gasteiger partial charge >= 0.3 is 5.97 Å². The van der Waals surface area contributed by atoms with Crippen LogP contribution in [-0.2, 0) is 19.6 Å². The van der Waals surface area contributed by atoms with E-state index in [1.165, 1.54) is 25.5 Å². The number of hydrogen-bond donors (Lipinski definition) is 1. The van der Waals surface area contributed by atoms with Gasteiger partial charge in [-0.05, 0) is 53.9 Å². The van der Waals surface area contributed by atoms with Gasteiger partial charge < -0.3 is 10.1 Å². The van der Waals surface area contributed by atoms with E-state index in [0.29, 0.717) is 10.6 Å². The fourth-order valence-corrected chi connectivity index (χ4v) is 4.68. The van der Waals surface area contributed by atoms with Crippen LogP contribution >= 0.6 is 11.3 Å². The zero-order valence-corrected chi connectivity index (χ0v) is 17.1. The van der Waals surface area contributed by atoms with Gasteiger partial charge in [-0.1, -0.05) is 0 Å². The minimum atomic E-state index is -3.93. The number of sulfonamides is 1. The molecule has 0 bridgehead atoms. The quantitative estimate of drug-likeness (QED) is 0.600. The number of carbonyl (C=O) groups is 2. The number of rotatable bonds is 6. The van der Waals surface area contributed by atoms with Gasteiger partial charge in [-0.15, -0.1) is 11.3 Å². The fraction of sp³-hybridized carbons (Fsp3) is 0.158. The van der Waals surface area contributed by atoms with E-state index in [-0.39, 0.29) is 4.90 Å². The Hall–Kier alpha value is -2.82. The van der Waals surface area contributed by atoms with Gasteiger partial charge in [0.1, 0.15) is 10.7 Å². The number of benzene rings is 2. The van der Waals surface area contributed by atoms with Crippen LogP contribution in [-0.4, -0.2) is 45.3 Å². The van der Waals surface area contributed by atoms with Crippen LogP contribution in [0, 0.1) is 5.82 Å². The first-order valence-corrected chi connectivity index (χ1v) is 10.6. The molecule has 0 atom stereocenters. The number of nitrogens with one attached hydrogen (secondary N) is 1. The standard InChI is InChI=1S/C19H17FN2O5S2/c1-22(29(25,26)15-6-3-13(20)4-7-15)11-18(23)21-14-5-8-16-12(9-14)10-17(28-16)19(24)27-2/h3-10H,11H2,1-2H3,(H,21,23). The zero-order valence-electron chi connectivity index (χ0n) is 15.5. The molecule has 1 amide bonds. The van der Waals surface area contributed by atoms with E-state index in [9.17, 15) is 22.4 Å². The maximum absolute atomic E-state index is 13.0. The van der Waals surface area contributed by atoms with Crippen LogP contribution in [0.25, 0.3) is 10.1 Å². The van der Waals surface area contributed by atoms with Crippen LogP contribution in [0.2, 0.25) is 0 Å². The molecule has 0 aliphatic rings. The van der Waals surface area contributed by atoms with Gasteiger partial charge in [-0.2, -0.15) is 4.31 Å². The monoisotopic (exact) mass is 436 g/mol. The molecule has 1 heterocycles. The first-order valence-electron chi connectivity index (χ1n) is 8.34. The molecule has 152 valence electrons. The van der Waals surface area contributed by atoms with Crippen molar-refractivity contribution in [1.29, 1.82) is 0 Å². The van der Waals surface area contributed by atoms with E-state index < -0.39 is 34.3 Å². The molecule has 3 aromatic rings. The number of halogens is 1. The number of hydrogen-bond acceptors (Lipinski definition) is 6. The summed E-state index contributed by atoms with van der Waals surface area (Å²) < 4.78 is 44.4. The van der Waals surface area contributed by atoms with Crippen molar-refractivity contribution in [3.8, 4) is 0 Å². The number of nitrogens with zero attached hydrogens (tertiary/aromatic N) is 1. The van der Waals surface area contributed by atoms with Crippen LogP contribution in [0.1, 0.15) is 9.67 Å². The average molecular weight is 436 g/mol. The van der Waals surface area contributed by atoms with Gasteiger partial charge in [0.25, 0.3) is 0 Å². The van der Waals surface area contributed by atoms with Crippen molar-refractivity contribution in [2.24, 2.45) is 0 Å². The van der Waals surface area contributed by atoms with E-state index in [2.05, 4.69) is 5.32 Å². The molecule has 0 saturated carbocycles. The second-order valence-corrected chi connectivity index (χ2v) is 9.25. The van der Waals surface area contributed by atoms with Crippen molar-refractivity contribution in [3.05, 3.63) is 59.2 Å². The lowest BCUT2D eigenvalue weighted by atomic mass is 10.2. The molecule has 10 heteroatoms. The van der Waals surface area contributed by atoms with Gasteiger partial charge in [-0.3, -0.25) is 4.79 Å². The van der Waals surface area contributed by atoms with Crippen LogP contribution in [0.3, 0.4) is 0 Å². The summed E-state index contributed by atoms with van der Waals surface area (Å²) in [6.07, 6.45) is 0. The lowest BCUT2D eigenvalue weighted by molar-refractivity contribution is -0.116. The number of ether oxygens (including phenoxy) is 1. The fourth-order valence-electron chi connectivity index (χ4n) is 2.60. The van der Waals surface area contributed by atoms with Gasteiger partial charge in [0.15, 0.2) is 0 Å². The molecule has 1 N–H and O–H groups in total. The summed E-state index contributed by atoms with van der Waals surface area (Å²) >= 11 is 1.27. The number of esters is 1. The highest BCUT2D eigenvalue weighted by atomic mass is 32.2. The number of amides is 1. The number of methoxy groups -OCH3 is 1. The number of fused-ring (bicyclic) bond motifs is 1. The Kier molecular flexibility index (Phi) is 5.96. The molecule has 29 heavy (non-hydrogen) atoms. The smallest absolute Gasteiger partial charge is 0.348 e. The first kappa shape index (κ1) is 20.9. The summed E-state index contributed by atoms with van der Waals surface area (Å²) in [7, 11) is -1.36.